The molecule has 0 radical (unpaired) electrons. The highest BCUT2D eigenvalue weighted by molar-refractivity contribution is 6.01. The Kier molecular flexibility index (Phi) is 6.12. The Morgan fingerprint density at radius 3 is 2.80 bits per heavy atom. The molecule has 1 aromatic carbocycles. The third-order valence-corrected chi connectivity index (χ3v) is 3.08. The molecule has 130 valence electrons. The molecule has 2 aromatic rings. The number of nitriles is 1. The second-order valence-corrected chi connectivity index (χ2v) is 4.72. The Labute approximate surface area is 142 Å². The van der Waals surface area contributed by atoms with Crippen molar-refractivity contribution >= 4 is 12.0 Å². The van der Waals surface area contributed by atoms with Gasteiger partial charge in [0.05, 0.1) is 19.9 Å². The zero-order valence-electron chi connectivity index (χ0n) is 13.2. The lowest BCUT2D eigenvalue weighted by atomic mass is 10.1. The SMILES string of the molecule is COc1cc(/C=C(\C#N)C(=O)NCc2ccco2)ccc1OC(F)F. The van der Waals surface area contributed by atoms with E-state index in [0.29, 0.717) is 11.3 Å². The summed E-state index contributed by atoms with van der Waals surface area (Å²) in [4.78, 5) is 12.0. The monoisotopic (exact) mass is 348 g/mol. The highest BCUT2D eigenvalue weighted by atomic mass is 19.3. The van der Waals surface area contributed by atoms with Gasteiger partial charge in [-0.3, -0.25) is 4.79 Å². The number of hydrogen-bond acceptors (Lipinski definition) is 5. The van der Waals surface area contributed by atoms with Crippen molar-refractivity contribution in [2.45, 2.75) is 13.2 Å². The van der Waals surface area contributed by atoms with E-state index in [1.807, 2.05) is 0 Å². The summed E-state index contributed by atoms with van der Waals surface area (Å²) >= 11 is 0. The van der Waals surface area contributed by atoms with Gasteiger partial charge < -0.3 is 19.2 Å². The van der Waals surface area contributed by atoms with Crippen LogP contribution in [0.2, 0.25) is 0 Å². The smallest absolute Gasteiger partial charge is 0.387 e. The zero-order valence-corrected chi connectivity index (χ0v) is 13.2. The summed E-state index contributed by atoms with van der Waals surface area (Å²) in [5.41, 5.74) is 0.263. The number of benzene rings is 1. The lowest BCUT2D eigenvalue weighted by Crippen LogP contribution is -2.23. The lowest BCUT2D eigenvalue weighted by Gasteiger charge is -2.10. The molecule has 8 heteroatoms. The van der Waals surface area contributed by atoms with Crippen LogP contribution in [-0.2, 0) is 11.3 Å². The summed E-state index contributed by atoms with van der Waals surface area (Å²) in [5, 5.41) is 11.7. The van der Waals surface area contributed by atoms with Crippen LogP contribution in [0, 0.1) is 11.3 Å². The van der Waals surface area contributed by atoms with Crippen molar-refractivity contribution in [1.29, 1.82) is 5.26 Å². The Balaban J connectivity index is 2.15. The normalized spacial score (nSPS) is 11.1. The molecule has 1 N–H and O–H groups in total. The first-order valence-corrected chi connectivity index (χ1v) is 7.08. The van der Waals surface area contributed by atoms with E-state index in [2.05, 4.69) is 10.1 Å². The molecular weight excluding hydrogens is 334 g/mol. The van der Waals surface area contributed by atoms with Crippen molar-refractivity contribution in [3.05, 3.63) is 53.5 Å². The van der Waals surface area contributed by atoms with Gasteiger partial charge in [0, 0.05) is 0 Å². The van der Waals surface area contributed by atoms with Gasteiger partial charge in [0.15, 0.2) is 11.5 Å². The molecule has 0 spiro atoms. The molecule has 0 fully saturated rings. The zero-order chi connectivity index (χ0) is 18.2. The molecule has 25 heavy (non-hydrogen) atoms. The Bertz CT molecular complexity index is 795. The Morgan fingerprint density at radius 1 is 1.40 bits per heavy atom. The molecule has 0 unspecified atom stereocenters. The summed E-state index contributed by atoms with van der Waals surface area (Å²) in [6.07, 6.45) is 2.78. The maximum absolute atomic E-state index is 12.3. The number of amides is 1. The minimum atomic E-state index is -2.99. The molecule has 6 nitrogen and oxygen atoms in total. The highest BCUT2D eigenvalue weighted by Gasteiger charge is 2.13. The summed E-state index contributed by atoms with van der Waals surface area (Å²) in [7, 11) is 1.29. The molecule has 0 aliphatic carbocycles. The molecule has 0 aliphatic heterocycles. The van der Waals surface area contributed by atoms with E-state index in [0.717, 1.165) is 0 Å². The van der Waals surface area contributed by atoms with E-state index < -0.39 is 12.5 Å². The van der Waals surface area contributed by atoms with Crippen molar-refractivity contribution in [1.82, 2.24) is 5.32 Å². The number of nitrogens with zero attached hydrogens (tertiary/aromatic N) is 1. The first kappa shape index (κ1) is 18.0. The number of methoxy groups -OCH3 is 1. The van der Waals surface area contributed by atoms with Crippen LogP contribution in [0.1, 0.15) is 11.3 Å². The Morgan fingerprint density at radius 2 is 2.20 bits per heavy atom. The van der Waals surface area contributed by atoms with E-state index in [4.69, 9.17) is 14.4 Å². The summed E-state index contributed by atoms with van der Waals surface area (Å²) in [6.45, 7) is -2.85. The second kappa shape index (κ2) is 8.49. The number of carbonyl (C=O) groups is 1. The van der Waals surface area contributed by atoms with E-state index >= 15 is 0 Å². The third kappa shape index (κ3) is 5.07. The van der Waals surface area contributed by atoms with Gasteiger partial charge in [0.1, 0.15) is 17.4 Å². The topological polar surface area (TPSA) is 84.5 Å². The lowest BCUT2D eigenvalue weighted by molar-refractivity contribution is -0.117. The van der Waals surface area contributed by atoms with E-state index in [9.17, 15) is 13.6 Å². The maximum Gasteiger partial charge on any atom is 0.387 e. The molecule has 0 saturated heterocycles. The number of ether oxygens (including phenoxy) is 2. The third-order valence-electron chi connectivity index (χ3n) is 3.08. The van der Waals surface area contributed by atoms with Crippen molar-refractivity contribution in [3.63, 3.8) is 0 Å². The van der Waals surface area contributed by atoms with Gasteiger partial charge >= 0.3 is 6.61 Å². The number of rotatable bonds is 7. The van der Waals surface area contributed by atoms with Crippen LogP contribution >= 0.6 is 0 Å². The van der Waals surface area contributed by atoms with Gasteiger partial charge in [-0.2, -0.15) is 14.0 Å². The van der Waals surface area contributed by atoms with Gasteiger partial charge in [-0.15, -0.1) is 0 Å². The molecular formula is C17H14F2N2O4. The minimum Gasteiger partial charge on any atom is -0.493 e. The predicted molar refractivity (Wildman–Crippen MR) is 83.8 cm³/mol. The van der Waals surface area contributed by atoms with E-state index in [1.165, 1.54) is 37.6 Å². The van der Waals surface area contributed by atoms with Crippen LogP contribution in [0.25, 0.3) is 6.08 Å². The summed E-state index contributed by atoms with van der Waals surface area (Å²) < 4.78 is 39.0. The predicted octanol–water partition coefficient (Wildman–Crippen LogP) is 3.11. The quantitative estimate of drug-likeness (QED) is 0.614. The van der Waals surface area contributed by atoms with Crippen LogP contribution in [0.4, 0.5) is 8.78 Å². The molecule has 0 aliphatic rings. The molecule has 1 aromatic heterocycles. The fraction of sp³-hybridized carbons (Fsp3) is 0.176. The van der Waals surface area contributed by atoms with Crippen LogP contribution in [0.3, 0.4) is 0 Å². The van der Waals surface area contributed by atoms with Gasteiger partial charge in [-0.05, 0) is 35.9 Å². The van der Waals surface area contributed by atoms with Crippen molar-refractivity contribution in [2.24, 2.45) is 0 Å². The largest absolute Gasteiger partial charge is 0.493 e. The fourth-order valence-corrected chi connectivity index (χ4v) is 1.96. The van der Waals surface area contributed by atoms with Gasteiger partial charge in [0.25, 0.3) is 5.91 Å². The average Bonchev–Trinajstić information content (AvgIpc) is 3.11. The van der Waals surface area contributed by atoms with Crippen molar-refractivity contribution in [2.75, 3.05) is 7.11 Å². The second-order valence-electron chi connectivity index (χ2n) is 4.72. The molecule has 1 amide bonds. The molecule has 0 atom stereocenters. The summed E-state index contributed by atoms with van der Waals surface area (Å²) in [5.74, 6) is -0.135. The van der Waals surface area contributed by atoms with E-state index in [1.54, 1.807) is 18.2 Å². The molecule has 0 saturated carbocycles. The van der Waals surface area contributed by atoms with Gasteiger partial charge in [-0.25, -0.2) is 0 Å². The van der Waals surface area contributed by atoms with E-state index in [-0.39, 0.29) is 23.6 Å². The Hall–Kier alpha value is -3.34. The van der Waals surface area contributed by atoms with Crippen LogP contribution in [-0.4, -0.2) is 19.6 Å². The molecule has 2 rings (SSSR count). The average molecular weight is 348 g/mol. The molecule has 1 heterocycles. The number of nitrogens with one attached hydrogen (secondary N) is 1. The first-order valence-electron chi connectivity index (χ1n) is 7.08. The number of hydrogen-bond donors (Lipinski definition) is 1. The number of halogens is 2. The summed E-state index contributed by atoms with van der Waals surface area (Å²) in [6, 6.07) is 9.23. The van der Waals surface area contributed by atoms with Crippen molar-refractivity contribution in [3.8, 4) is 17.6 Å². The van der Waals surface area contributed by atoms with Gasteiger partial charge in [-0.1, -0.05) is 6.07 Å². The maximum atomic E-state index is 12.3. The van der Waals surface area contributed by atoms with Crippen molar-refractivity contribution < 1.29 is 27.5 Å². The first-order chi connectivity index (χ1) is 12.0. The number of alkyl halides is 2. The fourth-order valence-electron chi connectivity index (χ4n) is 1.96. The minimum absolute atomic E-state index is 0.0577. The van der Waals surface area contributed by atoms with Crippen LogP contribution < -0.4 is 14.8 Å². The van der Waals surface area contributed by atoms with Crippen LogP contribution in [0.15, 0.2) is 46.6 Å². The van der Waals surface area contributed by atoms with Crippen LogP contribution in [0.5, 0.6) is 11.5 Å². The number of carbonyl (C=O) groups excluding carboxylic acids is 1. The molecule has 0 bridgehead atoms. The standard InChI is InChI=1S/C17H14F2N2O4/c1-23-15-8-11(4-5-14(15)25-17(18)19)7-12(9-20)16(22)21-10-13-3-2-6-24-13/h2-8,17H,10H2,1H3,(H,21,22)/b12-7+. The highest BCUT2D eigenvalue weighted by Crippen LogP contribution is 2.30. The van der Waals surface area contributed by atoms with Gasteiger partial charge in [0.2, 0.25) is 0 Å². The number of furan rings is 1.